The van der Waals surface area contributed by atoms with Crippen LogP contribution in [0.2, 0.25) is 0 Å². The van der Waals surface area contributed by atoms with Crippen molar-refractivity contribution in [3.05, 3.63) is 52.1 Å². The van der Waals surface area contributed by atoms with E-state index in [1.54, 1.807) is 18.3 Å². The molecule has 7 heteroatoms. The van der Waals surface area contributed by atoms with Crippen molar-refractivity contribution >= 4 is 31.8 Å². The SMILES string of the molecule is Cc1ccnc(NCCc2ccc(S(N)(=O)=O)cc2)c1Br. The first-order valence-electron chi connectivity index (χ1n) is 6.34. The van der Waals surface area contributed by atoms with Crippen molar-refractivity contribution in [1.82, 2.24) is 4.98 Å². The van der Waals surface area contributed by atoms with Crippen LogP contribution in [0.1, 0.15) is 11.1 Å². The molecule has 0 atom stereocenters. The van der Waals surface area contributed by atoms with Crippen molar-refractivity contribution < 1.29 is 8.42 Å². The highest BCUT2D eigenvalue weighted by molar-refractivity contribution is 9.10. The quantitative estimate of drug-likeness (QED) is 0.847. The highest BCUT2D eigenvalue weighted by atomic mass is 79.9. The second kappa shape index (κ2) is 6.55. The summed E-state index contributed by atoms with van der Waals surface area (Å²) in [5.41, 5.74) is 2.14. The summed E-state index contributed by atoms with van der Waals surface area (Å²) in [4.78, 5) is 4.39. The third-order valence-electron chi connectivity index (χ3n) is 3.04. The molecule has 0 bridgehead atoms. The number of rotatable bonds is 5. The number of nitrogens with one attached hydrogen (secondary N) is 1. The van der Waals surface area contributed by atoms with Crippen molar-refractivity contribution in [2.45, 2.75) is 18.2 Å². The normalized spacial score (nSPS) is 11.4. The largest absolute Gasteiger partial charge is 0.369 e. The molecule has 0 aliphatic carbocycles. The van der Waals surface area contributed by atoms with Crippen LogP contribution in [0, 0.1) is 6.92 Å². The Bertz CT molecular complexity index is 730. The number of benzene rings is 1. The number of halogens is 1. The van der Waals surface area contributed by atoms with E-state index in [0.29, 0.717) is 6.54 Å². The van der Waals surface area contributed by atoms with Gasteiger partial charge in [0.15, 0.2) is 0 Å². The van der Waals surface area contributed by atoms with Crippen LogP contribution in [0.4, 0.5) is 5.82 Å². The Balaban J connectivity index is 1.96. The molecular weight excluding hydrogens is 354 g/mol. The van der Waals surface area contributed by atoms with Gasteiger partial charge in [-0.1, -0.05) is 12.1 Å². The molecule has 2 rings (SSSR count). The Kier molecular flexibility index (Phi) is 4.97. The number of hydrogen-bond donors (Lipinski definition) is 2. The summed E-state index contributed by atoms with van der Waals surface area (Å²) in [6.07, 6.45) is 2.51. The lowest BCUT2D eigenvalue weighted by molar-refractivity contribution is 0.598. The van der Waals surface area contributed by atoms with Crippen molar-refractivity contribution in [2.75, 3.05) is 11.9 Å². The first-order valence-corrected chi connectivity index (χ1v) is 8.68. The van der Waals surface area contributed by atoms with Gasteiger partial charge in [0.25, 0.3) is 0 Å². The van der Waals surface area contributed by atoms with Gasteiger partial charge in [-0.25, -0.2) is 18.5 Å². The first kappa shape index (κ1) is 15.9. The smallest absolute Gasteiger partial charge is 0.238 e. The molecule has 1 heterocycles. The zero-order chi connectivity index (χ0) is 15.5. The van der Waals surface area contributed by atoms with Crippen LogP contribution in [-0.4, -0.2) is 19.9 Å². The van der Waals surface area contributed by atoms with Gasteiger partial charge in [0.2, 0.25) is 10.0 Å². The van der Waals surface area contributed by atoms with Gasteiger partial charge in [0, 0.05) is 12.7 Å². The Morgan fingerprint density at radius 3 is 2.52 bits per heavy atom. The Morgan fingerprint density at radius 2 is 1.90 bits per heavy atom. The Hall–Kier alpha value is -1.44. The predicted octanol–water partition coefficient (Wildman–Crippen LogP) is 2.45. The van der Waals surface area contributed by atoms with Crippen molar-refractivity contribution in [1.29, 1.82) is 0 Å². The van der Waals surface area contributed by atoms with Gasteiger partial charge in [-0.15, -0.1) is 0 Å². The van der Waals surface area contributed by atoms with E-state index < -0.39 is 10.0 Å². The minimum atomic E-state index is -3.63. The lowest BCUT2D eigenvalue weighted by atomic mass is 10.1. The maximum atomic E-state index is 11.2. The molecule has 0 radical (unpaired) electrons. The summed E-state index contributed by atoms with van der Waals surface area (Å²) in [5.74, 6) is 0.802. The minimum Gasteiger partial charge on any atom is -0.369 e. The number of hydrogen-bond acceptors (Lipinski definition) is 4. The maximum Gasteiger partial charge on any atom is 0.238 e. The van der Waals surface area contributed by atoms with E-state index in [4.69, 9.17) is 5.14 Å². The number of aromatic nitrogens is 1. The summed E-state index contributed by atoms with van der Waals surface area (Å²) in [7, 11) is -3.63. The maximum absolute atomic E-state index is 11.2. The fourth-order valence-corrected chi connectivity index (χ4v) is 2.72. The molecule has 3 N–H and O–H groups in total. The fraction of sp³-hybridized carbons (Fsp3) is 0.214. The number of nitrogens with two attached hydrogens (primary N) is 1. The molecule has 0 aliphatic rings. The number of pyridine rings is 1. The van der Waals surface area contributed by atoms with Crippen LogP contribution in [-0.2, 0) is 16.4 Å². The van der Waals surface area contributed by atoms with E-state index >= 15 is 0 Å². The van der Waals surface area contributed by atoms with Crippen molar-refractivity contribution in [3.8, 4) is 0 Å². The van der Waals surface area contributed by atoms with E-state index in [2.05, 4.69) is 26.2 Å². The molecule has 0 spiro atoms. The van der Waals surface area contributed by atoms with E-state index in [9.17, 15) is 8.42 Å². The Morgan fingerprint density at radius 1 is 1.24 bits per heavy atom. The summed E-state index contributed by atoms with van der Waals surface area (Å²) >= 11 is 3.49. The molecule has 2 aromatic rings. The van der Waals surface area contributed by atoms with E-state index in [-0.39, 0.29) is 4.90 Å². The second-order valence-corrected chi connectivity index (χ2v) is 7.01. The monoisotopic (exact) mass is 369 g/mol. The van der Waals surface area contributed by atoms with Gasteiger partial charge < -0.3 is 5.32 Å². The third-order valence-corrected chi connectivity index (χ3v) is 4.97. The lowest BCUT2D eigenvalue weighted by Crippen LogP contribution is -2.12. The zero-order valence-corrected chi connectivity index (χ0v) is 13.9. The average Bonchev–Trinajstić information content (AvgIpc) is 2.43. The van der Waals surface area contributed by atoms with Gasteiger partial charge >= 0.3 is 0 Å². The highest BCUT2D eigenvalue weighted by Crippen LogP contribution is 2.23. The fourth-order valence-electron chi connectivity index (χ4n) is 1.83. The lowest BCUT2D eigenvalue weighted by Gasteiger charge is -2.09. The minimum absolute atomic E-state index is 0.127. The van der Waals surface area contributed by atoms with Crippen LogP contribution in [0.15, 0.2) is 45.9 Å². The van der Waals surface area contributed by atoms with Crippen LogP contribution < -0.4 is 10.5 Å². The average molecular weight is 370 g/mol. The van der Waals surface area contributed by atoms with E-state index in [1.165, 1.54) is 12.1 Å². The number of aryl methyl sites for hydroxylation is 1. The molecule has 0 fully saturated rings. The summed E-state index contributed by atoms with van der Waals surface area (Å²) in [5, 5.41) is 8.31. The molecule has 112 valence electrons. The standard InChI is InChI=1S/C14H16BrN3O2S/c1-10-6-8-17-14(13(10)15)18-9-7-11-2-4-12(5-3-11)21(16,19)20/h2-6,8H,7,9H2,1H3,(H,17,18)(H2,16,19,20). The van der Waals surface area contributed by atoms with Crippen molar-refractivity contribution in [3.63, 3.8) is 0 Å². The first-order chi connectivity index (χ1) is 9.88. The number of primary sulfonamides is 1. The number of sulfonamides is 1. The molecule has 0 unspecified atom stereocenters. The molecular formula is C14H16BrN3O2S. The number of nitrogens with zero attached hydrogens (tertiary/aromatic N) is 1. The molecule has 0 saturated heterocycles. The van der Waals surface area contributed by atoms with Crippen molar-refractivity contribution in [2.24, 2.45) is 5.14 Å². The van der Waals surface area contributed by atoms with Gasteiger partial charge in [-0.3, -0.25) is 0 Å². The van der Waals surface area contributed by atoms with Crippen LogP contribution >= 0.6 is 15.9 Å². The van der Waals surface area contributed by atoms with Gasteiger partial charge in [-0.05, 0) is 58.6 Å². The number of anilines is 1. The van der Waals surface area contributed by atoms with Crippen LogP contribution in [0.5, 0.6) is 0 Å². The summed E-state index contributed by atoms with van der Waals surface area (Å²) in [6.45, 7) is 2.70. The summed E-state index contributed by atoms with van der Waals surface area (Å²) in [6, 6.07) is 8.50. The second-order valence-electron chi connectivity index (χ2n) is 4.66. The van der Waals surface area contributed by atoms with Gasteiger partial charge in [0.1, 0.15) is 5.82 Å². The molecule has 1 aromatic carbocycles. The molecule has 0 amide bonds. The van der Waals surface area contributed by atoms with Gasteiger partial charge in [-0.2, -0.15) is 0 Å². The van der Waals surface area contributed by atoms with E-state index in [0.717, 1.165) is 27.8 Å². The molecule has 1 aromatic heterocycles. The zero-order valence-electron chi connectivity index (χ0n) is 11.5. The highest BCUT2D eigenvalue weighted by Gasteiger charge is 2.07. The molecule has 0 saturated carbocycles. The Labute approximate surface area is 132 Å². The molecule has 21 heavy (non-hydrogen) atoms. The van der Waals surface area contributed by atoms with Gasteiger partial charge in [0.05, 0.1) is 9.37 Å². The topological polar surface area (TPSA) is 85.1 Å². The summed E-state index contributed by atoms with van der Waals surface area (Å²) < 4.78 is 23.3. The van der Waals surface area contributed by atoms with E-state index in [1.807, 2.05) is 13.0 Å². The third kappa shape index (κ3) is 4.26. The van der Waals surface area contributed by atoms with Crippen LogP contribution in [0.3, 0.4) is 0 Å². The molecule has 0 aliphatic heterocycles. The molecule has 5 nitrogen and oxygen atoms in total. The van der Waals surface area contributed by atoms with Crippen LogP contribution in [0.25, 0.3) is 0 Å². The predicted molar refractivity (Wildman–Crippen MR) is 86.7 cm³/mol.